The number of aliphatic hydroxyl groups excluding tert-OH is 1. The Hall–Kier alpha value is -1.69. The van der Waals surface area contributed by atoms with Gasteiger partial charge < -0.3 is 5.11 Å². The van der Waals surface area contributed by atoms with Crippen LogP contribution in [0.5, 0.6) is 0 Å². The van der Waals surface area contributed by atoms with Crippen molar-refractivity contribution >= 4 is 0 Å². The molecule has 1 aromatic heterocycles. The van der Waals surface area contributed by atoms with Crippen LogP contribution >= 0.6 is 0 Å². The molecule has 1 aliphatic rings. The molecule has 0 spiro atoms. The fourth-order valence-electron chi connectivity index (χ4n) is 1.59. The Morgan fingerprint density at radius 3 is 2.80 bits per heavy atom. The molecular weight excluding hydrogens is 203 g/mol. The van der Waals surface area contributed by atoms with Crippen LogP contribution in [0.4, 0.5) is 4.39 Å². The van der Waals surface area contributed by atoms with Crippen LogP contribution in [-0.4, -0.2) is 20.8 Å². The number of hydrogen-bond donors (Lipinski definition) is 2. The predicted octanol–water partition coefficient (Wildman–Crippen LogP) is -0.304. The van der Waals surface area contributed by atoms with Gasteiger partial charge in [0.05, 0.1) is 6.04 Å². The molecule has 2 atom stereocenters. The van der Waals surface area contributed by atoms with Gasteiger partial charge in [0.15, 0.2) is 0 Å². The number of H-pyrrole nitrogens is 1. The highest BCUT2D eigenvalue weighted by molar-refractivity contribution is 5.12. The maximum atomic E-state index is 12.9. The van der Waals surface area contributed by atoms with E-state index in [0.717, 1.165) is 0 Å². The molecule has 0 radical (unpaired) electrons. The zero-order valence-corrected chi connectivity index (χ0v) is 7.68. The van der Waals surface area contributed by atoms with Gasteiger partial charge in [-0.2, -0.15) is 0 Å². The van der Waals surface area contributed by atoms with Crippen molar-refractivity contribution in [2.45, 2.75) is 18.6 Å². The highest BCUT2D eigenvalue weighted by Crippen LogP contribution is 2.27. The van der Waals surface area contributed by atoms with Crippen molar-refractivity contribution in [3.63, 3.8) is 0 Å². The van der Waals surface area contributed by atoms with Crippen LogP contribution in [0.1, 0.15) is 12.5 Å². The number of nitrogens with one attached hydrogen (secondary N) is 1. The maximum absolute atomic E-state index is 12.9. The van der Waals surface area contributed by atoms with E-state index in [1.807, 2.05) is 0 Å². The molecule has 0 aromatic carbocycles. The van der Waals surface area contributed by atoms with Crippen LogP contribution < -0.4 is 11.2 Å². The van der Waals surface area contributed by atoms with E-state index in [9.17, 15) is 14.0 Å². The van der Waals surface area contributed by atoms with Crippen LogP contribution in [0, 0.1) is 0 Å². The summed E-state index contributed by atoms with van der Waals surface area (Å²) in [6.07, 6.45) is 1.41. The molecule has 0 aliphatic heterocycles. The standard InChI is InChI=1S/C9H9FN2O3/c10-6-3-5(4-7(6)13)12-2-1-8(14)11-9(12)15/h1-3,5,7,13H,4H2,(H,11,14,15)/t5?,7-/m1/s1. The first-order valence-corrected chi connectivity index (χ1v) is 4.44. The quantitative estimate of drug-likeness (QED) is 0.670. The number of halogens is 1. The molecule has 1 unspecified atom stereocenters. The Morgan fingerprint density at radius 2 is 2.27 bits per heavy atom. The summed E-state index contributed by atoms with van der Waals surface area (Å²) in [5, 5.41) is 9.14. The van der Waals surface area contributed by atoms with E-state index in [1.165, 1.54) is 22.9 Å². The Kier molecular flexibility index (Phi) is 2.28. The van der Waals surface area contributed by atoms with Gasteiger partial charge in [0.2, 0.25) is 0 Å². The average molecular weight is 212 g/mol. The van der Waals surface area contributed by atoms with Crippen LogP contribution in [0.2, 0.25) is 0 Å². The summed E-state index contributed by atoms with van der Waals surface area (Å²) in [6, 6.07) is 0.641. The number of aromatic nitrogens is 2. The van der Waals surface area contributed by atoms with Gasteiger partial charge in [0.1, 0.15) is 11.9 Å². The zero-order valence-electron chi connectivity index (χ0n) is 7.68. The highest BCUT2D eigenvalue weighted by Gasteiger charge is 2.26. The van der Waals surface area contributed by atoms with E-state index in [0.29, 0.717) is 0 Å². The smallest absolute Gasteiger partial charge is 0.328 e. The number of aliphatic hydroxyl groups is 1. The molecule has 0 amide bonds. The number of rotatable bonds is 1. The first kappa shape index (κ1) is 9.85. The number of nitrogens with zero attached hydrogens (tertiary/aromatic N) is 1. The van der Waals surface area contributed by atoms with Crippen molar-refractivity contribution in [2.75, 3.05) is 0 Å². The van der Waals surface area contributed by atoms with Crippen molar-refractivity contribution in [2.24, 2.45) is 0 Å². The number of aromatic amines is 1. The lowest BCUT2D eigenvalue weighted by molar-refractivity contribution is 0.177. The highest BCUT2D eigenvalue weighted by atomic mass is 19.1. The fraction of sp³-hybridized carbons (Fsp3) is 0.333. The second-order valence-electron chi connectivity index (χ2n) is 3.39. The summed E-state index contributed by atoms with van der Waals surface area (Å²) in [6.45, 7) is 0. The van der Waals surface area contributed by atoms with Crippen molar-refractivity contribution < 1.29 is 9.50 Å². The molecular formula is C9H9FN2O3. The summed E-state index contributed by atoms with van der Waals surface area (Å²) in [4.78, 5) is 24.2. The summed E-state index contributed by atoms with van der Waals surface area (Å²) in [7, 11) is 0. The first-order valence-electron chi connectivity index (χ1n) is 4.44. The Balaban J connectivity index is 2.41. The molecule has 1 aromatic rings. The predicted molar refractivity (Wildman–Crippen MR) is 50.2 cm³/mol. The van der Waals surface area contributed by atoms with E-state index >= 15 is 0 Å². The molecule has 0 bridgehead atoms. The van der Waals surface area contributed by atoms with Gasteiger partial charge in [-0.1, -0.05) is 0 Å². The fourth-order valence-corrected chi connectivity index (χ4v) is 1.59. The van der Waals surface area contributed by atoms with E-state index in [2.05, 4.69) is 4.98 Å². The molecule has 0 saturated carbocycles. The molecule has 80 valence electrons. The van der Waals surface area contributed by atoms with Gasteiger partial charge in [-0.25, -0.2) is 9.18 Å². The summed E-state index contributed by atoms with van der Waals surface area (Å²) < 4.78 is 14.1. The molecule has 1 heterocycles. The first-order chi connectivity index (χ1) is 7.08. The molecule has 5 nitrogen and oxygen atoms in total. The third-order valence-corrected chi connectivity index (χ3v) is 2.34. The van der Waals surface area contributed by atoms with Crippen LogP contribution in [0.3, 0.4) is 0 Å². The lowest BCUT2D eigenvalue weighted by Gasteiger charge is -2.10. The summed E-state index contributed by atoms with van der Waals surface area (Å²) in [5.41, 5.74) is -1.11. The van der Waals surface area contributed by atoms with Gasteiger partial charge >= 0.3 is 5.69 Å². The van der Waals surface area contributed by atoms with E-state index in [1.54, 1.807) is 0 Å². The molecule has 1 aliphatic carbocycles. The van der Waals surface area contributed by atoms with E-state index in [-0.39, 0.29) is 6.42 Å². The van der Waals surface area contributed by atoms with Crippen molar-refractivity contribution in [3.8, 4) is 0 Å². The maximum Gasteiger partial charge on any atom is 0.328 e. The molecule has 15 heavy (non-hydrogen) atoms. The van der Waals surface area contributed by atoms with Gasteiger partial charge in [-0.15, -0.1) is 0 Å². The van der Waals surface area contributed by atoms with Gasteiger partial charge in [0.25, 0.3) is 5.56 Å². The van der Waals surface area contributed by atoms with Crippen molar-refractivity contribution in [3.05, 3.63) is 45.0 Å². The lowest BCUT2D eigenvalue weighted by atomic mass is 10.2. The van der Waals surface area contributed by atoms with Gasteiger partial charge in [0, 0.05) is 18.7 Å². The van der Waals surface area contributed by atoms with Gasteiger partial charge in [-0.05, 0) is 6.08 Å². The largest absolute Gasteiger partial charge is 0.386 e. The molecule has 0 saturated heterocycles. The number of allylic oxidation sites excluding steroid dienone is 1. The van der Waals surface area contributed by atoms with Crippen LogP contribution in [0.15, 0.2) is 33.8 Å². The number of hydrogen-bond acceptors (Lipinski definition) is 3. The minimum Gasteiger partial charge on any atom is -0.386 e. The Morgan fingerprint density at radius 1 is 1.53 bits per heavy atom. The topological polar surface area (TPSA) is 75.1 Å². The van der Waals surface area contributed by atoms with E-state index in [4.69, 9.17) is 5.11 Å². The second-order valence-corrected chi connectivity index (χ2v) is 3.39. The molecule has 2 N–H and O–H groups in total. The third kappa shape index (κ3) is 1.75. The Labute approximate surface area is 83.5 Å². The summed E-state index contributed by atoms with van der Waals surface area (Å²) >= 11 is 0. The third-order valence-electron chi connectivity index (χ3n) is 2.34. The van der Waals surface area contributed by atoms with Crippen molar-refractivity contribution in [1.29, 1.82) is 0 Å². The SMILES string of the molecule is O=c1ccn(C2C=C(F)[C@H](O)C2)c(=O)[nH]1. The van der Waals surface area contributed by atoms with E-state index < -0.39 is 29.2 Å². The minimum absolute atomic E-state index is 0.109. The van der Waals surface area contributed by atoms with Gasteiger partial charge in [-0.3, -0.25) is 14.3 Å². The molecule has 6 heteroatoms. The zero-order chi connectivity index (χ0) is 11.0. The monoisotopic (exact) mass is 212 g/mol. The molecule has 2 rings (SSSR count). The average Bonchev–Trinajstić information content (AvgIpc) is 2.46. The van der Waals surface area contributed by atoms with Crippen LogP contribution in [0.25, 0.3) is 0 Å². The minimum atomic E-state index is -1.16. The second kappa shape index (κ2) is 3.47. The van der Waals surface area contributed by atoms with Crippen molar-refractivity contribution in [1.82, 2.24) is 9.55 Å². The summed E-state index contributed by atoms with van der Waals surface area (Å²) in [5.74, 6) is -0.641. The molecule has 0 fully saturated rings. The normalized spacial score (nSPS) is 25.3. The lowest BCUT2D eigenvalue weighted by Crippen LogP contribution is -2.30. The Bertz CT molecular complexity index is 517. The van der Waals surface area contributed by atoms with Crippen LogP contribution in [-0.2, 0) is 0 Å².